The highest BCUT2D eigenvalue weighted by molar-refractivity contribution is 5.24. The Morgan fingerprint density at radius 3 is 3.00 bits per heavy atom. The van der Waals surface area contributed by atoms with Crippen molar-refractivity contribution in [3.8, 4) is 0 Å². The summed E-state index contributed by atoms with van der Waals surface area (Å²) in [6, 6.07) is 0.689. The van der Waals surface area contributed by atoms with E-state index in [4.69, 9.17) is 5.73 Å². The molecule has 3 nitrogen and oxygen atoms in total. The van der Waals surface area contributed by atoms with Crippen LogP contribution in [-0.2, 0) is 0 Å². The van der Waals surface area contributed by atoms with Crippen LogP contribution in [0.2, 0.25) is 0 Å². The molecule has 2 aliphatic heterocycles. The van der Waals surface area contributed by atoms with Crippen LogP contribution >= 0.6 is 0 Å². The van der Waals surface area contributed by atoms with Crippen molar-refractivity contribution in [3.05, 3.63) is 23.9 Å². The molecule has 0 amide bonds. The standard InChI is InChI=1S/C12H21N3/c1-10-4-2-3-7-15(10)12-6-5-11(8-13)9-14-12/h5-6,9-10,12,14H,2-4,7-8,13H2,1H3/t10-,12?/m0/s1. The molecule has 0 bridgehead atoms. The van der Waals surface area contributed by atoms with Crippen LogP contribution in [0, 0.1) is 0 Å². The fourth-order valence-corrected chi connectivity index (χ4v) is 2.38. The molecule has 0 aromatic heterocycles. The average molecular weight is 207 g/mol. The van der Waals surface area contributed by atoms with E-state index in [0.29, 0.717) is 18.8 Å². The Kier molecular flexibility index (Phi) is 3.44. The first-order chi connectivity index (χ1) is 7.31. The number of nitrogens with zero attached hydrogens (tertiary/aromatic N) is 1. The first-order valence-electron chi connectivity index (χ1n) is 5.90. The quantitative estimate of drug-likeness (QED) is 0.714. The zero-order chi connectivity index (χ0) is 10.7. The summed E-state index contributed by atoms with van der Waals surface area (Å²) in [4.78, 5) is 2.53. The average Bonchev–Trinajstić information content (AvgIpc) is 2.30. The Hall–Kier alpha value is -0.800. The Labute approximate surface area is 92.0 Å². The van der Waals surface area contributed by atoms with Crippen molar-refractivity contribution in [3.63, 3.8) is 0 Å². The Morgan fingerprint density at radius 1 is 1.53 bits per heavy atom. The second-order valence-electron chi connectivity index (χ2n) is 4.48. The smallest absolute Gasteiger partial charge is 0.0987 e. The van der Waals surface area contributed by atoms with Crippen molar-refractivity contribution in [2.45, 2.75) is 38.4 Å². The van der Waals surface area contributed by atoms with E-state index in [-0.39, 0.29) is 0 Å². The maximum atomic E-state index is 5.58. The molecule has 84 valence electrons. The van der Waals surface area contributed by atoms with E-state index in [2.05, 4.69) is 29.3 Å². The highest BCUT2D eigenvalue weighted by atomic mass is 15.3. The van der Waals surface area contributed by atoms with Crippen LogP contribution in [0.15, 0.2) is 23.9 Å². The number of hydrogen-bond acceptors (Lipinski definition) is 3. The Bertz CT molecular complexity index is 270. The summed E-state index contributed by atoms with van der Waals surface area (Å²) in [6.07, 6.45) is 10.8. The molecule has 3 heteroatoms. The second kappa shape index (κ2) is 4.81. The molecule has 2 rings (SSSR count). The number of dihydropyridines is 1. The zero-order valence-corrected chi connectivity index (χ0v) is 9.45. The molecule has 0 aromatic rings. The summed E-state index contributed by atoms with van der Waals surface area (Å²) in [5.41, 5.74) is 6.76. The van der Waals surface area contributed by atoms with Gasteiger partial charge in [-0.3, -0.25) is 4.90 Å². The second-order valence-corrected chi connectivity index (χ2v) is 4.48. The van der Waals surface area contributed by atoms with E-state index < -0.39 is 0 Å². The van der Waals surface area contributed by atoms with E-state index in [1.165, 1.54) is 31.4 Å². The van der Waals surface area contributed by atoms with Crippen molar-refractivity contribution in [1.82, 2.24) is 10.2 Å². The van der Waals surface area contributed by atoms with Crippen molar-refractivity contribution < 1.29 is 0 Å². The molecule has 3 N–H and O–H groups in total. The van der Waals surface area contributed by atoms with Gasteiger partial charge in [-0.25, -0.2) is 0 Å². The largest absolute Gasteiger partial charge is 0.372 e. The lowest BCUT2D eigenvalue weighted by molar-refractivity contribution is 0.117. The molecule has 15 heavy (non-hydrogen) atoms. The summed E-state index contributed by atoms with van der Waals surface area (Å²) >= 11 is 0. The minimum atomic E-state index is 0.371. The molecule has 1 unspecified atom stereocenters. The topological polar surface area (TPSA) is 41.3 Å². The SMILES string of the molecule is C[C@H]1CCCCN1C1C=CC(CN)=CN1. The fraction of sp³-hybridized carbons (Fsp3) is 0.667. The van der Waals surface area contributed by atoms with E-state index in [9.17, 15) is 0 Å². The lowest BCUT2D eigenvalue weighted by Gasteiger charge is -2.39. The Balaban J connectivity index is 1.95. The normalized spacial score (nSPS) is 32.3. The molecule has 1 fully saturated rings. The lowest BCUT2D eigenvalue weighted by atomic mass is 10.0. The van der Waals surface area contributed by atoms with E-state index >= 15 is 0 Å². The van der Waals surface area contributed by atoms with Crippen LogP contribution in [0.25, 0.3) is 0 Å². The molecule has 2 heterocycles. The predicted octanol–water partition coefficient (Wildman–Crippen LogP) is 1.19. The first kappa shape index (κ1) is 10.7. The van der Waals surface area contributed by atoms with Gasteiger partial charge in [0.25, 0.3) is 0 Å². The summed E-state index contributed by atoms with van der Waals surface area (Å²) in [7, 11) is 0. The monoisotopic (exact) mass is 207 g/mol. The van der Waals surface area contributed by atoms with Gasteiger partial charge >= 0.3 is 0 Å². The number of nitrogens with one attached hydrogen (secondary N) is 1. The summed E-state index contributed by atoms with van der Waals surface area (Å²) < 4.78 is 0. The molecule has 0 spiro atoms. The van der Waals surface area contributed by atoms with Crippen LogP contribution in [0.3, 0.4) is 0 Å². The van der Waals surface area contributed by atoms with Crippen molar-refractivity contribution in [2.24, 2.45) is 5.73 Å². The van der Waals surface area contributed by atoms with Crippen molar-refractivity contribution in [1.29, 1.82) is 0 Å². The van der Waals surface area contributed by atoms with Crippen LogP contribution in [-0.4, -0.2) is 30.2 Å². The number of rotatable bonds is 2. The minimum Gasteiger partial charge on any atom is -0.372 e. The van der Waals surface area contributed by atoms with Gasteiger partial charge in [0.1, 0.15) is 0 Å². The van der Waals surface area contributed by atoms with Crippen LogP contribution in [0.4, 0.5) is 0 Å². The van der Waals surface area contributed by atoms with Gasteiger partial charge in [0, 0.05) is 25.3 Å². The van der Waals surface area contributed by atoms with E-state index in [0.717, 1.165) is 0 Å². The molecule has 0 aliphatic carbocycles. The third-order valence-corrected chi connectivity index (χ3v) is 3.38. The highest BCUT2D eigenvalue weighted by Crippen LogP contribution is 2.20. The van der Waals surface area contributed by atoms with Gasteiger partial charge < -0.3 is 11.1 Å². The van der Waals surface area contributed by atoms with Gasteiger partial charge in [0.05, 0.1) is 6.17 Å². The van der Waals surface area contributed by atoms with Crippen LogP contribution in [0.5, 0.6) is 0 Å². The third kappa shape index (κ3) is 2.41. The van der Waals surface area contributed by atoms with Gasteiger partial charge in [-0.1, -0.05) is 12.5 Å². The summed E-state index contributed by atoms with van der Waals surface area (Å²) in [5.74, 6) is 0. The zero-order valence-electron chi connectivity index (χ0n) is 9.45. The van der Waals surface area contributed by atoms with Gasteiger partial charge in [-0.05, 0) is 31.4 Å². The molecule has 2 atom stereocenters. The van der Waals surface area contributed by atoms with Crippen molar-refractivity contribution in [2.75, 3.05) is 13.1 Å². The summed E-state index contributed by atoms with van der Waals surface area (Å²) in [5, 5.41) is 3.42. The number of hydrogen-bond donors (Lipinski definition) is 2. The molecular weight excluding hydrogens is 186 g/mol. The molecular formula is C12H21N3. The summed E-state index contributed by atoms with van der Waals surface area (Å²) in [6.45, 7) is 4.14. The molecule has 0 saturated carbocycles. The van der Waals surface area contributed by atoms with Crippen LogP contribution < -0.4 is 11.1 Å². The predicted molar refractivity (Wildman–Crippen MR) is 63.2 cm³/mol. The van der Waals surface area contributed by atoms with E-state index in [1.807, 2.05) is 6.20 Å². The van der Waals surface area contributed by atoms with Gasteiger partial charge in [-0.2, -0.15) is 0 Å². The van der Waals surface area contributed by atoms with E-state index in [1.54, 1.807) is 0 Å². The van der Waals surface area contributed by atoms with Gasteiger partial charge in [0.15, 0.2) is 0 Å². The molecule has 2 aliphatic rings. The first-order valence-corrected chi connectivity index (χ1v) is 5.90. The van der Waals surface area contributed by atoms with Crippen molar-refractivity contribution >= 4 is 0 Å². The number of likely N-dealkylation sites (tertiary alicyclic amines) is 1. The number of nitrogens with two attached hydrogens (primary N) is 1. The molecule has 1 saturated heterocycles. The number of piperidine rings is 1. The Morgan fingerprint density at radius 2 is 2.40 bits per heavy atom. The molecule has 0 aromatic carbocycles. The molecule has 0 radical (unpaired) electrons. The maximum absolute atomic E-state index is 5.58. The van der Waals surface area contributed by atoms with Crippen LogP contribution in [0.1, 0.15) is 26.2 Å². The van der Waals surface area contributed by atoms with Gasteiger partial charge in [0.2, 0.25) is 0 Å². The third-order valence-electron chi connectivity index (χ3n) is 3.38. The highest BCUT2D eigenvalue weighted by Gasteiger charge is 2.24. The maximum Gasteiger partial charge on any atom is 0.0987 e. The fourth-order valence-electron chi connectivity index (χ4n) is 2.38. The lowest BCUT2D eigenvalue weighted by Crippen LogP contribution is -2.50. The van der Waals surface area contributed by atoms with Gasteiger partial charge in [-0.15, -0.1) is 0 Å². The minimum absolute atomic E-state index is 0.371.